The SMILES string of the molecule is Cc1cc(C)c2nc(N(CC3CCCO3)C(=O)c3ccc(S(=O)(=O)N(C)C4CC4)cc3)sc2c1. The van der Waals surface area contributed by atoms with Gasteiger partial charge in [-0.1, -0.05) is 17.4 Å². The molecular weight excluding hydrogens is 470 g/mol. The Morgan fingerprint density at radius 3 is 2.53 bits per heavy atom. The van der Waals surface area contributed by atoms with Gasteiger partial charge in [0.05, 0.1) is 27.8 Å². The lowest BCUT2D eigenvalue weighted by Crippen LogP contribution is -2.37. The lowest BCUT2D eigenvalue weighted by molar-refractivity contribution is 0.0917. The molecule has 0 spiro atoms. The second kappa shape index (κ2) is 9.03. The Kier molecular flexibility index (Phi) is 6.22. The Morgan fingerprint density at radius 1 is 1.15 bits per heavy atom. The summed E-state index contributed by atoms with van der Waals surface area (Å²) < 4.78 is 34.0. The summed E-state index contributed by atoms with van der Waals surface area (Å²) in [7, 11) is -1.94. The van der Waals surface area contributed by atoms with Gasteiger partial charge in [-0.2, -0.15) is 4.31 Å². The van der Waals surface area contributed by atoms with Crippen LogP contribution in [0.25, 0.3) is 10.2 Å². The molecule has 1 aliphatic carbocycles. The van der Waals surface area contributed by atoms with Crippen LogP contribution >= 0.6 is 11.3 Å². The van der Waals surface area contributed by atoms with Crippen molar-refractivity contribution >= 4 is 42.6 Å². The number of rotatable bonds is 7. The molecule has 180 valence electrons. The van der Waals surface area contributed by atoms with Gasteiger partial charge in [0.2, 0.25) is 10.0 Å². The summed E-state index contributed by atoms with van der Waals surface area (Å²) in [4.78, 5) is 20.4. The number of amides is 1. The highest BCUT2D eigenvalue weighted by Gasteiger charge is 2.35. The number of hydrogen-bond acceptors (Lipinski definition) is 6. The summed E-state index contributed by atoms with van der Waals surface area (Å²) in [6, 6.07) is 10.5. The molecule has 1 saturated heterocycles. The standard InChI is InChI=1S/C25H29N3O4S2/c1-16-13-17(2)23-22(14-16)33-25(26-23)28(15-20-5-4-12-32-20)24(29)18-6-10-21(11-7-18)34(30,31)27(3)19-8-9-19/h6-7,10-11,13-14,19-20H,4-5,8-9,12,15H2,1-3H3. The first-order chi connectivity index (χ1) is 16.2. The zero-order valence-electron chi connectivity index (χ0n) is 19.7. The molecule has 2 heterocycles. The van der Waals surface area contributed by atoms with E-state index in [1.165, 1.54) is 27.8 Å². The molecule has 34 heavy (non-hydrogen) atoms. The van der Waals surface area contributed by atoms with Crippen LogP contribution in [-0.4, -0.2) is 56.0 Å². The molecule has 0 radical (unpaired) electrons. The summed E-state index contributed by atoms with van der Waals surface area (Å²) in [5, 5.41) is 0.634. The molecule has 2 fully saturated rings. The number of carbonyl (C=O) groups excluding carboxylic acids is 1. The Bertz CT molecular complexity index is 1320. The lowest BCUT2D eigenvalue weighted by Gasteiger charge is -2.23. The molecule has 1 atom stereocenters. The molecule has 2 aliphatic rings. The van der Waals surface area contributed by atoms with E-state index in [1.807, 2.05) is 6.92 Å². The maximum atomic E-state index is 13.7. The lowest BCUT2D eigenvalue weighted by atomic mass is 10.1. The van der Waals surface area contributed by atoms with Gasteiger partial charge >= 0.3 is 0 Å². The smallest absolute Gasteiger partial charge is 0.260 e. The van der Waals surface area contributed by atoms with Gasteiger partial charge in [-0.15, -0.1) is 0 Å². The molecule has 1 aliphatic heterocycles. The Balaban J connectivity index is 1.46. The minimum Gasteiger partial charge on any atom is -0.376 e. The van der Waals surface area contributed by atoms with E-state index < -0.39 is 10.0 Å². The van der Waals surface area contributed by atoms with Gasteiger partial charge < -0.3 is 4.74 Å². The Labute approximate surface area is 204 Å². The molecule has 1 unspecified atom stereocenters. The summed E-state index contributed by atoms with van der Waals surface area (Å²) in [6.45, 7) is 5.20. The van der Waals surface area contributed by atoms with E-state index in [2.05, 4.69) is 19.1 Å². The van der Waals surface area contributed by atoms with Crippen molar-refractivity contribution < 1.29 is 17.9 Å². The summed E-state index contributed by atoms with van der Waals surface area (Å²) in [6.07, 6.45) is 3.63. The van der Waals surface area contributed by atoms with Gasteiger partial charge in [0.1, 0.15) is 0 Å². The molecule has 1 saturated carbocycles. The van der Waals surface area contributed by atoms with E-state index in [4.69, 9.17) is 9.72 Å². The van der Waals surface area contributed by atoms with E-state index in [1.54, 1.807) is 24.1 Å². The maximum absolute atomic E-state index is 13.7. The number of benzene rings is 2. The largest absolute Gasteiger partial charge is 0.376 e. The minimum atomic E-state index is -3.56. The zero-order chi connectivity index (χ0) is 24.0. The molecular formula is C25H29N3O4S2. The highest BCUT2D eigenvalue weighted by Crippen LogP contribution is 2.34. The van der Waals surface area contributed by atoms with Gasteiger partial charge in [-0.25, -0.2) is 13.4 Å². The fourth-order valence-electron chi connectivity index (χ4n) is 4.44. The van der Waals surface area contributed by atoms with E-state index >= 15 is 0 Å². The number of sulfonamides is 1. The fourth-order valence-corrected chi connectivity index (χ4v) is 7.01. The van der Waals surface area contributed by atoms with Crippen molar-refractivity contribution in [1.82, 2.24) is 9.29 Å². The monoisotopic (exact) mass is 499 g/mol. The topological polar surface area (TPSA) is 79.8 Å². The molecule has 0 bridgehead atoms. The van der Waals surface area contributed by atoms with Crippen LogP contribution in [0.15, 0.2) is 41.3 Å². The first kappa shape index (κ1) is 23.4. The maximum Gasteiger partial charge on any atom is 0.260 e. The normalized spacial score (nSPS) is 18.6. The molecule has 1 aromatic heterocycles. The molecule has 5 rings (SSSR count). The van der Waals surface area contributed by atoms with E-state index in [9.17, 15) is 13.2 Å². The third-order valence-corrected chi connectivity index (χ3v) is 9.49. The Morgan fingerprint density at radius 2 is 1.88 bits per heavy atom. The number of aromatic nitrogens is 1. The second-order valence-corrected chi connectivity index (χ2v) is 12.3. The number of hydrogen-bond donors (Lipinski definition) is 0. The minimum absolute atomic E-state index is 0.0364. The molecule has 2 aromatic carbocycles. The van der Waals surface area contributed by atoms with Crippen LogP contribution < -0.4 is 4.90 Å². The number of carbonyl (C=O) groups is 1. The van der Waals surface area contributed by atoms with Crippen molar-refractivity contribution in [3.05, 3.63) is 53.1 Å². The fraction of sp³-hybridized carbons (Fsp3) is 0.440. The van der Waals surface area contributed by atoms with Crippen molar-refractivity contribution in [2.45, 2.75) is 56.6 Å². The number of thiazole rings is 1. The van der Waals surface area contributed by atoms with Crippen molar-refractivity contribution in [2.75, 3.05) is 25.1 Å². The van der Waals surface area contributed by atoms with Crippen molar-refractivity contribution in [3.8, 4) is 0 Å². The van der Waals surface area contributed by atoms with Crippen molar-refractivity contribution in [3.63, 3.8) is 0 Å². The number of aryl methyl sites for hydroxylation is 2. The second-order valence-electron chi connectivity index (χ2n) is 9.25. The third-order valence-electron chi connectivity index (χ3n) is 6.54. The average molecular weight is 500 g/mol. The summed E-state index contributed by atoms with van der Waals surface area (Å²) in [5.74, 6) is -0.205. The number of anilines is 1. The quantitative estimate of drug-likeness (QED) is 0.477. The van der Waals surface area contributed by atoms with Crippen LogP contribution in [-0.2, 0) is 14.8 Å². The first-order valence-electron chi connectivity index (χ1n) is 11.6. The molecule has 1 amide bonds. The van der Waals surface area contributed by atoms with Crippen LogP contribution in [0.5, 0.6) is 0 Å². The molecule has 7 nitrogen and oxygen atoms in total. The third kappa shape index (κ3) is 4.49. The van der Waals surface area contributed by atoms with E-state index in [0.717, 1.165) is 47.0 Å². The highest BCUT2D eigenvalue weighted by atomic mass is 32.2. The van der Waals surface area contributed by atoms with Crippen LogP contribution in [0, 0.1) is 13.8 Å². The van der Waals surface area contributed by atoms with E-state index in [-0.39, 0.29) is 22.9 Å². The van der Waals surface area contributed by atoms with Gasteiger partial charge in [0.15, 0.2) is 5.13 Å². The van der Waals surface area contributed by atoms with Gasteiger partial charge in [0, 0.05) is 25.3 Å². The molecule has 9 heteroatoms. The molecule has 3 aromatic rings. The number of fused-ring (bicyclic) bond motifs is 1. The Hall–Kier alpha value is -2.33. The zero-order valence-corrected chi connectivity index (χ0v) is 21.3. The van der Waals surface area contributed by atoms with Crippen LogP contribution in [0.1, 0.15) is 47.2 Å². The van der Waals surface area contributed by atoms with Crippen LogP contribution in [0.4, 0.5) is 5.13 Å². The van der Waals surface area contributed by atoms with Gasteiger partial charge in [-0.05, 0) is 81.0 Å². The van der Waals surface area contributed by atoms with Gasteiger partial charge in [-0.3, -0.25) is 9.69 Å². The molecule has 0 N–H and O–H groups in total. The van der Waals surface area contributed by atoms with Crippen LogP contribution in [0.3, 0.4) is 0 Å². The summed E-state index contributed by atoms with van der Waals surface area (Å²) in [5.41, 5.74) is 3.57. The van der Waals surface area contributed by atoms with Gasteiger partial charge in [0.25, 0.3) is 5.91 Å². The summed E-state index contributed by atoms with van der Waals surface area (Å²) >= 11 is 1.50. The van der Waals surface area contributed by atoms with Crippen molar-refractivity contribution in [2.24, 2.45) is 0 Å². The van der Waals surface area contributed by atoms with Crippen molar-refractivity contribution in [1.29, 1.82) is 0 Å². The van der Waals surface area contributed by atoms with E-state index in [0.29, 0.717) is 23.8 Å². The first-order valence-corrected chi connectivity index (χ1v) is 13.9. The number of nitrogens with zero attached hydrogens (tertiary/aromatic N) is 3. The number of ether oxygens (including phenoxy) is 1. The predicted octanol–water partition coefficient (Wildman–Crippen LogP) is 4.52. The predicted molar refractivity (Wildman–Crippen MR) is 134 cm³/mol. The average Bonchev–Trinajstić information content (AvgIpc) is 3.36. The van der Waals surface area contributed by atoms with Crippen LogP contribution in [0.2, 0.25) is 0 Å². The highest BCUT2D eigenvalue weighted by molar-refractivity contribution is 7.89.